The van der Waals surface area contributed by atoms with Crippen LogP contribution < -0.4 is 5.32 Å². The molecular weight excluding hydrogens is 98.1 g/mol. The van der Waals surface area contributed by atoms with E-state index in [0.717, 1.165) is 11.8 Å². The molecule has 1 nitrogen and oxygen atoms in total. The predicted octanol–water partition coefficient (Wildman–Crippen LogP) is 1.01. The van der Waals surface area contributed by atoms with E-state index in [-0.39, 0.29) is 0 Å². The first-order chi connectivity index (χ1) is 3.95. The summed E-state index contributed by atoms with van der Waals surface area (Å²) in [5.41, 5.74) is 0. The normalized spacial score (nSPS) is 45.0. The molecule has 46 valence electrons. The second-order valence-corrected chi connectivity index (χ2v) is 3.20. The first kappa shape index (κ1) is 4.80. The van der Waals surface area contributed by atoms with Crippen molar-refractivity contribution in [2.24, 2.45) is 11.8 Å². The summed E-state index contributed by atoms with van der Waals surface area (Å²) in [5, 5.41) is 3.45. The third-order valence-corrected chi connectivity index (χ3v) is 2.52. The zero-order valence-electron chi connectivity index (χ0n) is 5.19. The molecule has 0 aromatic rings. The van der Waals surface area contributed by atoms with Crippen molar-refractivity contribution in [2.45, 2.75) is 19.3 Å². The van der Waals surface area contributed by atoms with Gasteiger partial charge in [-0.3, -0.25) is 0 Å². The van der Waals surface area contributed by atoms with Crippen LogP contribution in [0.2, 0.25) is 0 Å². The van der Waals surface area contributed by atoms with Crippen LogP contribution in [0.3, 0.4) is 0 Å². The van der Waals surface area contributed by atoms with Gasteiger partial charge in [-0.2, -0.15) is 0 Å². The molecule has 1 heteroatoms. The van der Waals surface area contributed by atoms with E-state index in [2.05, 4.69) is 5.32 Å². The van der Waals surface area contributed by atoms with Gasteiger partial charge in [0.05, 0.1) is 0 Å². The van der Waals surface area contributed by atoms with Crippen LogP contribution in [0.5, 0.6) is 0 Å². The highest BCUT2D eigenvalue weighted by Gasteiger charge is 2.27. The van der Waals surface area contributed by atoms with E-state index in [0.29, 0.717) is 0 Å². The zero-order chi connectivity index (χ0) is 5.40. The van der Waals surface area contributed by atoms with Crippen LogP contribution in [0.1, 0.15) is 19.3 Å². The topological polar surface area (TPSA) is 12.0 Å². The Morgan fingerprint density at radius 1 is 1.00 bits per heavy atom. The highest BCUT2D eigenvalue weighted by atomic mass is 14.9. The smallest absolute Gasteiger partial charge is 0.00203 e. The van der Waals surface area contributed by atoms with Gasteiger partial charge in [0.1, 0.15) is 0 Å². The second kappa shape index (κ2) is 1.73. The molecule has 0 spiro atoms. The SMILES string of the molecule is C1C[C@H]2CNC[C@@H]1C2. The minimum atomic E-state index is 1.05. The Hall–Kier alpha value is -0.0400. The maximum Gasteiger partial charge on any atom is -0.00203 e. The molecule has 0 aromatic heterocycles. The van der Waals surface area contributed by atoms with Crippen LogP contribution in [0.25, 0.3) is 0 Å². The van der Waals surface area contributed by atoms with E-state index >= 15 is 0 Å². The molecule has 0 amide bonds. The van der Waals surface area contributed by atoms with Crippen molar-refractivity contribution in [3.8, 4) is 0 Å². The maximum atomic E-state index is 3.45. The zero-order valence-corrected chi connectivity index (χ0v) is 5.19. The molecule has 2 rings (SSSR count). The van der Waals surface area contributed by atoms with Gasteiger partial charge < -0.3 is 5.32 Å². The molecule has 2 aliphatic rings. The Morgan fingerprint density at radius 2 is 1.62 bits per heavy atom. The molecule has 1 N–H and O–H groups in total. The summed E-state index contributed by atoms with van der Waals surface area (Å²) in [4.78, 5) is 0. The Morgan fingerprint density at radius 3 is 2.12 bits per heavy atom. The average Bonchev–Trinajstić information content (AvgIpc) is 2.12. The van der Waals surface area contributed by atoms with Crippen molar-refractivity contribution in [3.05, 3.63) is 0 Å². The molecule has 8 heavy (non-hydrogen) atoms. The van der Waals surface area contributed by atoms with Crippen molar-refractivity contribution < 1.29 is 0 Å². The van der Waals surface area contributed by atoms with Crippen LogP contribution in [0.4, 0.5) is 0 Å². The van der Waals surface area contributed by atoms with Gasteiger partial charge in [-0.05, 0) is 44.2 Å². The minimum Gasteiger partial charge on any atom is -0.316 e. The lowest BCUT2D eigenvalue weighted by Gasteiger charge is -2.18. The Bertz CT molecular complexity index is 76.4. The minimum absolute atomic E-state index is 1.05. The standard InChI is InChI=1S/C7H13N/c1-2-7-3-6(1)4-8-5-7/h6-8H,1-5H2/t6-,7+. The molecule has 1 aliphatic heterocycles. The summed E-state index contributed by atoms with van der Waals surface area (Å²) in [6, 6.07) is 0. The molecule has 1 saturated carbocycles. The lowest BCUT2D eigenvalue weighted by atomic mass is 10.0. The number of nitrogens with one attached hydrogen (secondary N) is 1. The predicted molar refractivity (Wildman–Crippen MR) is 33.7 cm³/mol. The van der Waals surface area contributed by atoms with Gasteiger partial charge in [-0.15, -0.1) is 0 Å². The van der Waals surface area contributed by atoms with Gasteiger partial charge in [-0.1, -0.05) is 0 Å². The largest absolute Gasteiger partial charge is 0.316 e. The van der Waals surface area contributed by atoms with Crippen molar-refractivity contribution in [1.82, 2.24) is 5.32 Å². The van der Waals surface area contributed by atoms with E-state index in [1.165, 1.54) is 32.4 Å². The van der Waals surface area contributed by atoms with Crippen molar-refractivity contribution >= 4 is 0 Å². The summed E-state index contributed by atoms with van der Waals surface area (Å²) in [5.74, 6) is 2.10. The third-order valence-electron chi connectivity index (χ3n) is 2.52. The van der Waals surface area contributed by atoms with E-state index < -0.39 is 0 Å². The van der Waals surface area contributed by atoms with Gasteiger partial charge >= 0.3 is 0 Å². The Labute approximate surface area is 50.5 Å². The lowest BCUT2D eigenvalue weighted by Crippen LogP contribution is -2.30. The first-order valence-corrected chi connectivity index (χ1v) is 3.66. The summed E-state index contributed by atoms with van der Waals surface area (Å²) in [6.45, 7) is 2.60. The van der Waals surface area contributed by atoms with Crippen LogP contribution in [-0.2, 0) is 0 Å². The molecule has 1 saturated heterocycles. The fourth-order valence-electron chi connectivity index (χ4n) is 2.04. The monoisotopic (exact) mass is 111 g/mol. The van der Waals surface area contributed by atoms with Gasteiger partial charge in [0.15, 0.2) is 0 Å². The van der Waals surface area contributed by atoms with Gasteiger partial charge in [-0.25, -0.2) is 0 Å². The highest BCUT2D eigenvalue weighted by molar-refractivity contribution is 4.82. The lowest BCUT2D eigenvalue weighted by molar-refractivity contribution is 0.379. The summed E-state index contributed by atoms with van der Waals surface area (Å²) >= 11 is 0. The highest BCUT2D eigenvalue weighted by Crippen LogP contribution is 2.32. The van der Waals surface area contributed by atoms with Gasteiger partial charge in [0.25, 0.3) is 0 Å². The molecule has 2 atom stereocenters. The quantitative estimate of drug-likeness (QED) is 0.492. The molecule has 0 radical (unpaired) electrons. The molecule has 2 fully saturated rings. The van der Waals surface area contributed by atoms with Crippen molar-refractivity contribution in [3.63, 3.8) is 0 Å². The van der Waals surface area contributed by atoms with Gasteiger partial charge in [0, 0.05) is 0 Å². The Kier molecular flexibility index (Phi) is 1.04. The molecule has 0 unspecified atom stereocenters. The van der Waals surface area contributed by atoms with E-state index in [1.54, 1.807) is 0 Å². The number of hydrogen-bond acceptors (Lipinski definition) is 1. The van der Waals surface area contributed by atoms with Crippen LogP contribution >= 0.6 is 0 Å². The summed E-state index contributed by atoms with van der Waals surface area (Å²) in [7, 11) is 0. The van der Waals surface area contributed by atoms with Crippen molar-refractivity contribution in [1.29, 1.82) is 0 Å². The summed E-state index contributed by atoms with van der Waals surface area (Å²) in [6.07, 6.45) is 4.52. The fourth-order valence-corrected chi connectivity index (χ4v) is 2.04. The first-order valence-electron chi connectivity index (χ1n) is 3.66. The van der Waals surface area contributed by atoms with E-state index in [9.17, 15) is 0 Å². The molecule has 1 aliphatic carbocycles. The number of fused-ring (bicyclic) bond motifs is 2. The summed E-state index contributed by atoms with van der Waals surface area (Å²) < 4.78 is 0. The number of hydrogen-bond donors (Lipinski definition) is 1. The van der Waals surface area contributed by atoms with E-state index in [4.69, 9.17) is 0 Å². The van der Waals surface area contributed by atoms with Crippen LogP contribution in [0, 0.1) is 11.8 Å². The van der Waals surface area contributed by atoms with Crippen molar-refractivity contribution in [2.75, 3.05) is 13.1 Å². The molecular formula is C7H13N. The maximum absolute atomic E-state index is 3.45. The molecule has 1 heterocycles. The Balaban J connectivity index is 2.03. The van der Waals surface area contributed by atoms with Crippen LogP contribution in [-0.4, -0.2) is 13.1 Å². The molecule has 2 bridgehead atoms. The van der Waals surface area contributed by atoms with Gasteiger partial charge in [0.2, 0.25) is 0 Å². The fraction of sp³-hybridized carbons (Fsp3) is 1.00. The average molecular weight is 111 g/mol. The van der Waals surface area contributed by atoms with Crippen LogP contribution in [0.15, 0.2) is 0 Å². The third kappa shape index (κ3) is 0.655. The number of piperidine rings is 1. The molecule has 0 aromatic carbocycles. The second-order valence-electron chi connectivity index (χ2n) is 3.20. The van der Waals surface area contributed by atoms with E-state index in [1.807, 2.05) is 0 Å². The number of rotatable bonds is 0.